The number of hydrogen-bond donors (Lipinski definition) is 0. The summed E-state index contributed by atoms with van der Waals surface area (Å²) in [5, 5.41) is 0. The van der Waals surface area contributed by atoms with Gasteiger partial charge in [-0.1, -0.05) is 56.8 Å². The molecule has 0 amide bonds. The van der Waals surface area contributed by atoms with E-state index in [1.807, 2.05) is 13.8 Å². The quantitative estimate of drug-likeness (QED) is 0.472. The Balaban J connectivity index is 0.00000155. The highest BCUT2D eigenvalue weighted by Crippen LogP contribution is 2.39. The van der Waals surface area contributed by atoms with Crippen molar-refractivity contribution in [3.05, 3.63) is 89.7 Å². The van der Waals surface area contributed by atoms with Crippen LogP contribution in [0.1, 0.15) is 31.9 Å². The predicted molar refractivity (Wildman–Crippen MR) is 113 cm³/mol. The van der Waals surface area contributed by atoms with Crippen LogP contribution in [0, 0.1) is 11.6 Å². The van der Waals surface area contributed by atoms with Gasteiger partial charge in [-0.15, -0.1) is 0 Å². The first-order chi connectivity index (χ1) is 14.4. The van der Waals surface area contributed by atoms with E-state index in [9.17, 15) is 17.6 Å². The van der Waals surface area contributed by atoms with Crippen LogP contribution >= 0.6 is 0 Å². The lowest BCUT2D eigenvalue weighted by Gasteiger charge is -2.33. The molecule has 0 N–H and O–H groups in total. The van der Waals surface area contributed by atoms with Crippen LogP contribution in [0.25, 0.3) is 11.3 Å². The number of hydrogen-bond acceptors (Lipinski definition) is 2. The average Bonchev–Trinajstić information content (AvgIpc) is 2.72. The third-order valence-electron chi connectivity index (χ3n) is 4.28. The van der Waals surface area contributed by atoms with Crippen molar-refractivity contribution in [1.29, 1.82) is 0 Å². The number of halogens is 4. The van der Waals surface area contributed by atoms with Crippen molar-refractivity contribution in [2.45, 2.75) is 27.2 Å². The van der Waals surface area contributed by atoms with E-state index in [1.54, 1.807) is 49.4 Å². The Hall–Kier alpha value is -3.02. The summed E-state index contributed by atoms with van der Waals surface area (Å²) in [5.41, 5.74) is 0.914. The van der Waals surface area contributed by atoms with E-state index in [4.69, 9.17) is 4.74 Å². The third kappa shape index (κ3) is 5.12. The van der Waals surface area contributed by atoms with E-state index in [2.05, 4.69) is 6.58 Å². The molecule has 2 nitrogen and oxygen atoms in total. The minimum absolute atomic E-state index is 0.0112. The highest BCUT2D eigenvalue weighted by Gasteiger charge is 2.29. The summed E-state index contributed by atoms with van der Waals surface area (Å²) in [6.45, 7) is 8.96. The second-order valence-electron chi connectivity index (χ2n) is 6.15. The van der Waals surface area contributed by atoms with E-state index in [1.165, 1.54) is 0 Å². The smallest absolute Gasteiger partial charge is 0.256 e. The predicted octanol–water partition coefficient (Wildman–Crippen LogP) is 6.91. The summed E-state index contributed by atoms with van der Waals surface area (Å²) in [7, 11) is 0. The summed E-state index contributed by atoms with van der Waals surface area (Å²) >= 11 is 0. The molecule has 0 bridgehead atoms. The van der Waals surface area contributed by atoms with Gasteiger partial charge in [-0.25, -0.2) is 17.6 Å². The van der Waals surface area contributed by atoms with Crippen LogP contribution in [0.4, 0.5) is 17.6 Å². The molecule has 0 atom stereocenters. The minimum Gasteiger partial charge on any atom is -0.494 e. The van der Waals surface area contributed by atoms with Crippen molar-refractivity contribution in [2.75, 3.05) is 13.2 Å². The zero-order valence-corrected chi connectivity index (χ0v) is 17.3. The molecule has 0 radical (unpaired) electrons. The van der Waals surface area contributed by atoms with Gasteiger partial charge in [0.05, 0.1) is 24.4 Å². The zero-order valence-electron chi connectivity index (χ0n) is 17.3. The summed E-state index contributed by atoms with van der Waals surface area (Å²) < 4.78 is 61.5. The van der Waals surface area contributed by atoms with Crippen LogP contribution < -0.4 is 4.74 Å². The largest absolute Gasteiger partial charge is 0.494 e. The first kappa shape index (κ1) is 23.3. The SMILES string of the molecule is C=C1C=CC(c2ccccc2)=C(c2c(F)cc(OCC)cc2F)N1CC(F)F.CC. The molecule has 2 aromatic carbocycles. The second-order valence-corrected chi connectivity index (χ2v) is 6.15. The van der Waals surface area contributed by atoms with Gasteiger partial charge < -0.3 is 9.64 Å². The van der Waals surface area contributed by atoms with Crippen molar-refractivity contribution < 1.29 is 22.3 Å². The molecule has 1 aliphatic rings. The van der Waals surface area contributed by atoms with Crippen LogP contribution in [0.3, 0.4) is 0 Å². The van der Waals surface area contributed by atoms with Crippen LogP contribution in [0.2, 0.25) is 0 Å². The molecule has 0 spiro atoms. The van der Waals surface area contributed by atoms with E-state index in [0.717, 1.165) is 17.0 Å². The Morgan fingerprint density at radius 3 is 2.13 bits per heavy atom. The number of alkyl halides is 2. The van der Waals surface area contributed by atoms with E-state index >= 15 is 0 Å². The average molecular weight is 419 g/mol. The normalized spacial score (nSPS) is 13.5. The Kier molecular flexibility index (Phi) is 8.27. The summed E-state index contributed by atoms with van der Waals surface area (Å²) in [5.74, 6) is -1.75. The van der Waals surface area contributed by atoms with Crippen molar-refractivity contribution in [1.82, 2.24) is 4.90 Å². The molecule has 0 unspecified atom stereocenters. The molecule has 0 fully saturated rings. The lowest BCUT2D eigenvalue weighted by Crippen LogP contribution is -2.29. The molecule has 0 aliphatic carbocycles. The van der Waals surface area contributed by atoms with Gasteiger partial charge in [-0.2, -0.15) is 0 Å². The monoisotopic (exact) mass is 419 g/mol. The van der Waals surface area contributed by atoms with Crippen LogP contribution in [0.15, 0.2) is 66.9 Å². The molecule has 2 aromatic rings. The number of rotatable bonds is 6. The van der Waals surface area contributed by atoms with Gasteiger partial charge in [0.15, 0.2) is 0 Å². The maximum absolute atomic E-state index is 14.9. The van der Waals surface area contributed by atoms with Crippen molar-refractivity contribution in [2.24, 2.45) is 0 Å². The summed E-state index contributed by atoms with van der Waals surface area (Å²) in [6.07, 6.45) is 0.465. The lowest BCUT2D eigenvalue weighted by molar-refractivity contribution is 0.123. The van der Waals surface area contributed by atoms with E-state index < -0.39 is 30.2 Å². The molecule has 3 rings (SSSR count). The van der Waals surface area contributed by atoms with Gasteiger partial charge in [-0.3, -0.25) is 0 Å². The number of allylic oxidation sites excluding steroid dienone is 3. The van der Waals surface area contributed by atoms with Gasteiger partial charge in [0.1, 0.15) is 17.4 Å². The first-order valence-corrected chi connectivity index (χ1v) is 9.77. The number of benzene rings is 2. The van der Waals surface area contributed by atoms with Gasteiger partial charge in [0, 0.05) is 23.4 Å². The molecule has 0 aromatic heterocycles. The van der Waals surface area contributed by atoms with Crippen molar-refractivity contribution in [3.8, 4) is 5.75 Å². The molecule has 1 heterocycles. The molecular weight excluding hydrogens is 394 g/mol. The lowest BCUT2D eigenvalue weighted by atomic mass is 9.94. The highest BCUT2D eigenvalue weighted by atomic mass is 19.3. The Morgan fingerprint density at radius 1 is 1.00 bits per heavy atom. The van der Waals surface area contributed by atoms with Gasteiger partial charge in [-0.05, 0) is 18.6 Å². The maximum Gasteiger partial charge on any atom is 0.256 e. The second kappa shape index (κ2) is 10.7. The molecular formula is C24H25F4NO. The fourth-order valence-corrected chi connectivity index (χ4v) is 3.13. The van der Waals surface area contributed by atoms with Gasteiger partial charge in [0.25, 0.3) is 6.43 Å². The topological polar surface area (TPSA) is 12.5 Å². The molecule has 0 saturated heterocycles. The fraction of sp³-hybridized carbons (Fsp3) is 0.250. The summed E-state index contributed by atoms with van der Waals surface area (Å²) in [4.78, 5) is 1.15. The number of ether oxygens (including phenoxy) is 1. The third-order valence-corrected chi connectivity index (χ3v) is 4.28. The fourth-order valence-electron chi connectivity index (χ4n) is 3.13. The highest BCUT2D eigenvalue weighted by molar-refractivity contribution is 5.97. The van der Waals surface area contributed by atoms with Crippen molar-refractivity contribution in [3.63, 3.8) is 0 Å². The molecule has 1 aliphatic heterocycles. The minimum atomic E-state index is -2.72. The summed E-state index contributed by atoms with van der Waals surface area (Å²) in [6, 6.07) is 10.9. The van der Waals surface area contributed by atoms with Crippen LogP contribution in [-0.2, 0) is 0 Å². The Morgan fingerprint density at radius 2 is 1.60 bits per heavy atom. The van der Waals surface area contributed by atoms with Gasteiger partial charge in [0.2, 0.25) is 0 Å². The van der Waals surface area contributed by atoms with Gasteiger partial charge >= 0.3 is 0 Å². The Bertz CT molecular complexity index is 912. The molecule has 6 heteroatoms. The van der Waals surface area contributed by atoms with E-state index in [-0.39, 0.29) is 23.8 Å². The number of nitrogens with zero attached hydrogens (tertiary/aromatic N) is 1. The Labute approximate surface area is 174 Å². The molecule has 160 valence electrons. The van der Waals surface area contributed by atoms with E-state index in [0.29, 0.717) is 11.1 Å². The molecule has 0 saturated carbocycles. The van der Waals surface area contributed by atoms with Crippen LogP contribution in [-0.4, -0.2) is 24.5 Å². The van der Waals surface area contributed by atoms with Crippen molar-refractivity contribution >= 4 is 11.3 Å². The van der Waals surface area contributed by atoms with Crippen LogP contribution in [0.5, 0.6) is 5.75 Å². The molecule has 30 heavy (non-hydrogen) atoms. The zero-order chi connectivity index (χ0) is 22.3. The maximum atomic E-state index is 14.9. The standard InChI is InChI=1S/C22H19F4NO.C2H6/c1-3-28-16-11-18(23)21(19(24)12-16)22-17(15-7-5-4-6-8-15)10-9-14(2)27(22)13-20(25)26;1-2/h4-12,20H,2-3,13H2,1H3;1-2H3. The first-order valence-electron chi connectivity index (χ1n) is 9.77.